The minimum absolute atomic E-state index is 0.00338. The topological polar surface area (TPSA) is 24.5 Å². The van der Waals surface area contributed by atoms with Crippen LogP contribution in [0, 0.1) is 5.82 Å². The summed E-state index contributed by atoms with van der Waals surface area (Å²) >= 11 is 0. The smallest absolute Gasteiger partial charge is 0.127 e. The van der Waals surface area contributed by atoms with Crippen LogP contribution in [-0.4, -0.2) is 45.3 Å². The molecule has 0 aromatic heterocycles. The minimum atomic E-state index is -0.161. The molecule has 0 fully saturated rings. The predicted octanol–water partition coefficient (Wildman–Crippen LogP) is 2.05. The van der Waals surface area contributed by atoms with Crippen molar-refractivity contribution in [2.24, 2.45) is 0 Å². The number of nitrogens with zero attached hydrogens (tertiary/aromatic N) is 1. The Balaban J connectivity index is 2.18. The largest absolute Gasteiger partial charge is 0.379 e. The number of ether oxygens (including phenoxy) is 1. The van der Waals surface area contributed by atoms with E-state index in [1.807, 2.05) is 27.1 Å². The SMILES string of the molecule is CC(NCCOCCN(C)C)c1ccccc1F. The van der Waals surface area contributed by atoms with Gasteiger partial charge in [0, 0.05) is 24.7 Å². The number of nitrogens with one attached hydrogen (secondary N) is 1. The maximum atomic E-state index is 13.5. The molecule has 0 radical (unpaired) electrons. The standard InChI is InChI=1S/C14H23FN2O/c1-12(13-6-4-5-7-14(13)15)16-8-10-18-11-9-17(2)3/h4-7,12,16H,8-11H2,1-3H3. The van der Waals surface area contributed by atoms with Crippen molar-refractivity contribution in [1.29, 1.82) is 0 Å². The van der Waals surface area contributed by atoms with Gasteiger partial charge in [-0.3, -0.25) is 0 Å². The van der Waals surface area contributed by atoms with Gasteiger partial charge in [0.1, 0.15) is 5.82 Å². The van der Waals surface area contributed by atoms with E-state index in [1.54, 1.807) is 12.1 Å². The average molecular weight is 254 g/mol. The fourth-order valence-electron chi connectivity index (χ4n) is 1.63. The van der Waals surface area contributed by atoms with Crippen molar-refractivity contribution in [1.82, 2.24) is 10.2 Å². The third-order valence-corrected chi connectivity index (χ3v) is 2.75. The Morgan fingerprint density at radius 1 is 1.28 bits per heavy atom. The van der Waals surface area contributed by atoms with Crippen molar-refractivity contribution in [2.75, 3.05) is 40.4 Å². The zero-order chi connectivity index (χ0) is 13.4. The molecule has 102 valence electrons. The van der Waals surface area contributed by atoms with Crippen LogP contribution < -0.4 is 5.32 Å². The van der Waals surface area contributed by atoms with Crippen LogP contribution in [-0.2, 0) is 4.74 Å². The number of halogens is 1. The third-order valence-electron chi connectivity index (χ3n) is 2.75. The summed E-state index contributed by atoms with van der Waals surface area (Å²) in [5.41, 5.74) is 0.700. The lowest BCUT2D eigenvalue weighted by molar-refractivity contribution is 0.118. The fourth-order valence-corrected chi connectivity index (χ4v) is 1.63. The second-order valence-electron chi connectivity index (χ2n) is 4.61. The lowest BCUT2D eigenvalue weighted by atomic mass is 10.1. The molecule has 1 aromatic carbocycles. The van der Waals surface area contributed by atoms with Crippen molar-refractivity contribution < 1.29 is 9.13 Å². The van der Waals surface area contributed by atoms with Crippen LogP contribution in [0.1, 0.15) is 18.5 Å². The Kier molecular flexibility index (Phi) is 6.86. The predicted molar refractivity (Wildman–Crippen MR) is 72.2 cm³/mol. The molecule has 0 spiro atoms. The van der Waals surface area contributed by atoms with E-state index in [4.69, 9.17) is 4.74 Å². The lowest BCUT2D eigenvalue weighted by Crippen LogP contribution is -2.25. The molecule has 0 aliphatic rings. The molecule has 1 aromatic rings. The monoisotopic (exact) mass is 254 g/mol. The van der Waals surface area contributed by atoms with Crippen LogP contribution in [0.4, 0.5) is 4.39 Å². The van der Waals surface area contributed by atoms with Crippen LogP contribution in [0.15, 0.2) is 24.3 Å². The zero-order valence-electron chi connectivity index (χ0n) is 11.4. The molecule has 0 saturated heterocycles. The highest BCUT2D eigenvalue weighted by molar-refractivity contribution is 5.20. The molecule has 3 nitrogen and oxygen atoms in total. The summed E-state index contributed by atoms with van der Waals surface area (Å²) in [6.45, 7) is 4.97. The van der Waals surface area contributed by atoms with E-state index in [9.17, 15) is 4.39 Å². The van der Waals surface area contributed by atoms with E-state index in [1.165, 1.54) is 6.07 Å². The van der Waals surface area contributed by atoms with Crippen molar-refractivity contribution in [3.8, 4) is 0 Å². The first-order valence-electron chi connectivity index (χ1n) is 6.31. The summed E-state index contributed by atoms with van der Waals surface area (Å²) in [5, 5.41) is 3.25. The number of benzene rings is 1. The maximum Gasteiger partial charge on any atom is 0.127 e. The van der Waals surface area contributed by atoms with E-state index in [0.717, 1.165) is 19.7 Å². The quantitative estimate of drug-likeness (QED) is 0.719. The Hall–Kier alpha value is -0.970. The van der Waals surface area contributed by atoms with E-state index in [-0.39, 0.29) is 11.9 Å². The molecule has 0 bridgehead atoms. The average Bonchev–Trinajstić information content (AvgIpc) is 2.33. The van der Waals surface area contributed by atoms with Gasteiger partial charge in [-0.15, -0.1) is 0 Å². The number of rotatable bonds is 8. The van der Waals surface area contributed by atoms with Gasteiger partial charge in [0.2, 0.25) is 0 Å². The molecule has 1 N–H and O–H groups in total. The summed E-state index contributed by atoms with van der Waals surface area (Å²) < 4.78 is 18.9. The van der Waals surface area contributed by atoms with Crippen molar-refractivity contribution in [2.45, 2.75) is 13.0 Å². The van der Waals surface area contributed by atoms with Crippen LogP contribution >= 0.6 is 0 Å². The van der Waals surface area contributed by atoms with Crippen LogP contribution in [0.5, 0.6) is 0 Å². The molecule has 0 heterocycles. The molecule has 0 saturated carbocycles. The second kappa shape index (κ2) is 8.19. The molecule has 0 amide bonds. The Bertz CT molecular complexity index is 344. The first kappa shape index (κ1) is 15.1. The number of hydrogen-bond acceptors (Lipinski definition) is 3. The van der Waals surface area contributed by atoms with Crippen molar-refractivity contribution in [3.05, 3.63) is 35.6 Å². The van der Waals surface area contributed by atoms with Gasteiger partial charge in [-0.25, -0.2) is 4.39 Å². The Morgan fingerprint density at radius 3 is 2.67 bits per heavy atom. The molecular weight excluding hydrogens is 231 g/mol. The van der Waals surface area contributed by atoms with Gasteiger partial charge in [-0.1, -0.05) is 18.2 Å². The first-order valence-corrected chi connectivity index (χ1v) is 6.31. The molecule has 1 rings (SSSR count). The maximum absolute atomic E-state index is 13.5. The van der Waals surface area contributed by atoms with Gasteiger partial charge < -0.3 is 15.0 Å². The van der Waals surface area contributed by atoms with E-state index in [0.29, 0.717) is 12.2 Å². The second-order valence-corrected chi connectivity index (χ2v) is 4.61. The van der Waals surface area contributed by atoms with Crippen LogP contribution in [0.25, 0.3) is 0 Å². The van der Waals surface area contributed by atoms with E-state index in [2.05, 4.69) is 10.2 Å². The molecule has 0 aliphatic carbocycles. The van der Waals surface area contributed by atoms with Crippen LogP contribution in [0.2, 0.25) is 0 Å². The summed E-state index contributed by atoms with van der Waals surface area (Å²) in [5.74, 6) is -0.161. The Morgan fingerprint density at radius 2 is 2.00 bits per heavy atom. The molecular formula is C14H23FN2O. The van der Waals surface area contributed by atoms with Gasteiger partial charge in [0.05, 0.1) is 13.2 Å². The normalized spacial score (nSPS) is 12.9. The molecule has 4 heteroatoms. The molecule has 0 aliphatic heterocycles. The fraction of sp³-hybridized carbons (Fsp3) is 0.571. The van der Waals surface area contributed by atoms with Gasteiger partial charge in [-0.05, 0) is 27.1 Å². The number of likely N-dealkylation sites (N-methyl/N-ethyl adjacent to an activating group) is 1. The number of hydrogen-bond donors (Lipinski definition) is 1. The highest BCUT2D eigenvalue weighted by Gasteiger charge is 2.08. The summed E-state index contributed by atoms with van der Waals surface area (Å²) in [6, 6.07) is 6.85. The highest BCUT2D eigenvalue weighted by Crippen LogP contribution is 2.15. The lowest BCUT2D eigenvalue weighted by Gasteiger charge is -2.15. The molecule has 18 heavy (non-hydrogen) atoms. The first-order chi connectivity index (χ1) is 8.61. The molecule has 1 atom stereocenters. The van der Waals surface area contributed by atoms with Crippen molar-refractivity contribution in [3.63, 3.8) is 0 Å². The summed E-state index contributed by atoms with van der Waals surface area (Å²) in [6.07, 6.45) is 0. The summed E-state index contributed by atoms with van der Waals surface area (Å²) in [7, 11) is 4.03. The highest BCUT2D eigenvalue weighted by atomic mass is 19.1. The van der Waals surface area contributed by atoms with E-state index < -0.39 is 0 Å². The van der Waals surface area contributed by atoms with Gasteiger partial charge in [-0.2, -0.15) is 0 Å². The van der Waals surface area contributed by atoms with Crippen molar-refractivity contribution >= 4 is 0 Å². The minimum Gasteiger partial charge on any atom is -0.379 e. The van der Waals surface area contributed by atoms with Gasteiger partial charge in [0.25, 0.3) is 0 Å². The van der Waals surface area contributed by atoms with Gasteiger partial charge in [0.15, 0.2) is 0 Å². The van der Waals surface area contributed by atoms with E-state index >= 15 is 0 Å². The van der Waals surface area contributed by atoms with Crippen LogP contribution in [0.3, 0.4) is 0 Å². The summed E-state index contributed by atoms with van der Waals surface area (Å²) in [4.78, 5) is 2.08. The Labute approximate surface area is 109 Å². The third kappa shape index (κ3) is 5.58. The molecule has 1 unspecified atom stereocenters. The zero-order valence-corrected chi connectivity index (χ0v) is 11.4. The van der Waals surface area contributed by atoms with Gasteiger partial charge >= 0.3 is 0 Å².